The lowest BCUT2D eigenvalue weighted by Crippen LogP contribution is -2.02. The summed E-state index contributed by atoms with van der Waals surface area (Å²) < 4.78 is 5.33. The van der Waals surface area contributed by atoms with Gasteiger partial charge in [-0.1, -0.05) is 18.5 Å². The molecule has 0 bridgehead atoms. The highest BCUT2D eigenvalue weighted by molar-refractivity contribution is 6.31. The molecule has 1 heterocycles. The molecule has 94 valence electrons. The molecular formula is C13H14ClN3O. The Kier molecular flexibility index (Phi) is 3.67. The summed E-state index contributed by atoms with van der Waals surface area (Å²) in [6, 6.07) is 5.41. The first-order valence-corrected chi connectivity index (χ1v) is 5.98. The van der Waals surface area contributed by atoms with Crippen molar-refractivity contribution in [2.24, 2.45) is 0 Å². The number of rotatable bonds is 3. The summed E-state index contributed by atoms with van der Waals surface area (Å²) in [5, 5.41) is 0.630. The number of hydrogen-bond donors (Lipinski definition) is 1. The van der Waals surface area contributed by atoms with Crippen molar-refractivity contribution < 1.29 is 4.74 Å². The van der Waals surface area contributed by atoms with Gasteiger partial charge in [0, 0.05) is 16.1 Å². The zero-order valence-electron chi connectivity index (χ0n) is 10.3. The Bertz CT molecular complexity index is 572. The van der Waals surface area contributed by atoms with Crippen LogP contribution in [-0.4, -0.2) is 17.1 Å². The fourth-order valence-corrected chi connectivity index (χ4v) is 2.04. The number of nitrogens with zero attached hydrogens (tertiary/aromatic N) is 2. The minimum Gasteiger partial charge on any atom is -0.496 e. The molecule has 2 N–H and O–H groups in total. The van der Waals surface area contributed by atoms with Crippen LogP contribution in [0.1, 0.15) is 12.5 Å². The van der Waals surface area contributed by atoms with Gasteiger partial charge in [0.15, 0.2) is 0 Å². The number of aromatic nitrogens is 2. The number of nitrogens with two attached hydrogens (primary N) is 1. The normalized spacial score (nSPS) is 10.4. The molecule has 0 fully saturated rings. The van der Waals surface area contributed by atoms with E-state index in [1.165, 1.54) is 6.33 Å². The summed E-state index contributed by atoms with van der Waals surface area (Å²) in [6.45, 7) is 2.01. The molecular weight excluding hydrogens is 250 g/mol. The van der Waals surface area contributed by atoms with Gasteiger partial charge in [-0.3, -0.25) is 0 Å². The van der Waals surface area contributed by atoms with E-state index in [0.717, 1.165) is 23.2 Å². The highest BCUT2D eigenvalue weighted by Crippen LogP contribution is 2.34. The third-order valence-electron chi connectivity index (χ3n) is 2.75. The summed E-state index contributed by atoms with van der Waals surface area (Å²) in [5.74, 6) is 1.21. The maximum absolute atomic E-state index is 6.03. The van der Waals surface area contributed by atoms with Crippen molar-refractivity contribution in [3.05, 3.63) is 35.1 Å². The number of halogens is 1. The number of anilines is 1. The maximum Gasteiger partial charge on any atom is 0.130 e. The van der Waals surface area contributed by atoms with Gasteiger partial charge in [-0.05, 0) is 24.6 Å². The quantitative estimate of drug-likeness (QED) is 0.925. The first-order valence-electron chi connectivity index (χ1n) is 5.60. The Hall–Kier alpha value is -1.81. The molecule has 2 aromatic rings. The highest BCUT2D eigenvalue weighted by Gasteiger charge is 2.14. The predicted molar refractivity (Wildman–Crippen MR) is 72.8 cm³/mol. The minimum atomic E-state index is 0.490. The molecule has 1 aromatic heterocycles. The first-order chi connectivity index (χ1) is 8.67. The van der Waals surface area contributed by atoms with Crippen LogP contribution in [0.25, 0.3) is 11.3 Å². The monoisotopic (exact) mass is 263 g/mol. The van der Waals surface area contributed by atoms with Crippen LogP contribution in [0.3, 0.4) is 0 Å². The number of benzene rings is 1. The number of ether oxygens (including phenoxy) is 1. The van der Waals surface area contributed by atoms with E-state index in [9.17, 15) is 0 Å². The van der Waals surface area contributed by atoms with Gasteiger partial charge in [-0.2, -0.15) is 0 Å². The Morgan fingerprint density at radius 2 is 2.11 bits per heavy atom. The van der Waals surface area contributed by atoms with Gasteiger partial charge in [-0.15, -0.1) is 0 Å². The molecule has 0 aliphatic rings. The second kappa shape index (κ2) is 5.23. The predicted octanol–water partition coefficient (Wildman–Crippen LogP) is 2.95. The van der Waals surface area contributed by atoms with E-state index in [1.807, 2.05) is 19.1 Å². The minimum absolute atomic E-state index is 0.490. The van der Waals surface area contributed by atoms with E-state index < -0.39 is 0 Å². The molecule has 0 unspecified atom stereocenters. The van der Waals surface area contributed by atoms with Crippen molar-refractivity contribution in [3.63, 3.8) is 0 Å². The average molecular weight is 264 g/mol. The highest BCUT2D eigenvalue weighted by atomic mass is 35.5. The van der Waals surface area contributed by atoms with E-state index >= 15 is 0 Å². The van der Waals surface area contributed by atoms with Crippen LogP contribution in [0.15, 0.2) is 24.5 Å². The van der Waals surface area contributed by atoms with Crippen LogP contribution in [0.2, 0.25) is 5.02 Å². The molecule has 0 saturated carbocycles. The Labute approximate surface area is 111 Å². The van der Waals surface area contributed by atoms with E-state index in [2.05, 4.69) is 9.97 Å². The molecule has 0 saturated heterocycles. The van der Waals surface area contributed by atoms with Gasteiger partial charge in [0.2, 0.25) is 0 Å². The lowest BCUT2D eigenvalue weighted by molar-refractivity contribution is 0.416. The standard InChI is InChI=1S/C13H14ClN3O/c1-3-9-12(16-7-17-13(9)15)10-6-8(14)4-5-11(10)18-2/h4-7H,3H2,1-2H3,(H2,15,16,17). The van der Waals surface area contributed by atoms with Crippen LogP contribution < -0.4 is 10.5 Å². The molecule has 0 aliphatic carbocycles. The third-order valence-corrected chi connectivity index (χ3v) is 2.98. The van der Waals surface area contributed by atoms with Gasteiger partial charge in [-0.25, -0.2) is 9.97 Å². The van der Waals surface area contributed by atoms with E-state index in [4.69, 9.17) is 22.1 Å². The summed E-state index contributed by atoms with van der Waals surface area (Å²) in [6.07, 6.45) is 2.20. The second-order valence-electron chi connectivity index (χ2n) is 3.78. The van der Waals surface area contributed by atoms with Gasteiger partial charge in [0.05, 0.1) is 12.8 Å². The third kappa shape index (κ3) is 2.24. The topological polar surface area (TPSA) is 61.0 Å². The zero-order chi connectivity index (χ0) is 13.1. The summed E-state index contributed by atoms with van der Waals surface area (Å²) in [5.41, 5.74) is 8.37. The van der Waals surface area contributed by atoms with Crippen molar-refractivity contribution in [2.75, 3.05) is 12.8 Å². The number of hydrogen-bond acceptors (Lipinski definition) is 4. The van der Waals surface area contributed by atoms with Crippen LogP contribution in [0.5, 0.6) is 5.75 Å². The molecule has 0 amide bonds. The summed E-state index contributed by atoms with van der Waals surface area (Å²) in [7, 11) is 1.61. The maximum atomic E-state index is 6.03. The smallest absolute Gasteiger partial charge is 0.130 e. The molecule has 2 rings (SSSR count). The molecule has 18 heavy (non-hydrogen) atoms. The van der Waals surface area contributed by atoms with Crippen LogP contribution in [-0.2, 0) is 6.42 Å². The van der Waals surface area contributed by atoms with Crippen molar-refractivity contribution in [2.45, 2.75) is 13.3 Å². The van der Waals surface area contributed by atoms with Gasteiger partial charge in [0.1, 0.15) is 17.9 Å². The average Bonchev–Trinajstić information content (AvgIpc) is 2.38. The van der Waals surface area contributed by atoms with E-state index in [0.29, 0.717) is 16.6 Å². The second-order valence-corrected chi connectivity index (χ2v) is 4.22. The Morgan fingerprint density at radius 3 is 2.78 bits per heavy atom. The lowest BCUT2D eigenvalue weighted by atomic mass is 10.0. The number of nitrogen functional groups attached to an aromatic ring is 1. The van der Waals surface area contributed by atoms with E-state index in [-0.39, 0.29) is 0 Å². The summed E-state index contributed by atoms with van der Waals surface area (Å²) in [4.78, 5) is 8.31. The van der Waals surface area contributed by atoms with Crippen molar-refractivity contribution >= 4 is 17.4 Å². The van der Waals surface area contributed by atoms with Crippen LogP contribution >= 0.6 is 11.6 Å². The van der Waals surface area contributed by atoms with Crippen molar-refractivity contribution in [1.29, 1.82) is 0 Å². The van der Waals surface area contributed by atoms with Crippen LogP contribution in [0, 0.1) is 0 Å². The molecule has 0 radical (unpaired) electrons. The van der Waals surface area contributed by atoms with E-state index in [1.54, 1.807) is 13.2 Å². The lowest BCUT2D eigenvalue weighted by Gasteiger charge is -2.12. The van der Waals surface area contributed by atoms with Crippen molar-refractivity contribution in [3.8, 4) is 17.0 Å². The number of methoxy groups -OCH3 is 1. The van der Waals surface area contributed by atoms with Crippen molar-refractivity contribution in [1.82, 2.24) is 9.97 Å². The molecule has 0 atom stereocenters. The molecule has 1 aromatic carbocycles. The molecule has 5 heteroatoms. The first kappa shape index (κ1) is 12.6. The Morgan fingerprint density at radius 1 is 1.33 bits per heavy atom. The van der Waals surface area contributed by atoms with Gasteiger partial charge < -0.3 is 10.5 Å². The van der Waals surface area contributed by atoms with Gasteiger partial charge in [0.25, 0.3) is 0 Å². The SMILES string of the molecule is CCc1c(N)ncnc1-c1cc(Cl)ccc1OC. The summed E-state index contributed by atoms with van der Waals surface area (Å²) >= 11 is 6.03. The molecule has 0 spiro atoms. The molecule has 0 aliphatic heterocycles. The molecule has 4 nitrogen and oxygen atoms in total. The van der Waals surface area contributed by atoms with Gasteiger partial charge >= 0.3 is 0 Å². The fourth-order valence-electron chi connectivity index (χ4n) is 1.87. The van der Waals surface area contributed by atoms with Crippen LogP contribution in [0.4, 0.5) is 5.82 Å². The fraction of sp³-hybridized carbons (Fsp3) is 0.231. The largest absolute Gasteiger partial charge is 0.496 e. The zero-order valence-corrected chi connectivity index (χ0v) is 11.0. The Balaban J connectivity index is 2.68.